The number of carbonyl (C=O) groups is 1. The van der Waals surface area contributed by atoms with E-state index in [0.29, 0.717) is 5.75 Å². The van der Waals surface area contributed by atoms with Crippen molar-refractivity contribution in [3.63, 3.8) is 0 Å². The molecule has 0 radical (unpaired) electrons. The highest BCUT2D eigenvalue weighted by Gasteiger charge is 2.34. The second-order valence-corrected chi connectivity index (χ2v) is 11.1. The summed E-state index contributed by atoms with van der Waals surface area (Å²) >= 11 is 0. The van der Waals surface area contributed by atoms with Crippen LogP contribution in [0.4, 0.5) is 13.2 Å². The summed E-state index contributed by atoms with van der Waals surface area (Å²) in [5, 5.41) is 0. The second-order valence-electron chi connectivity index (χ2n) is 9.12. The van der Waals surface area contributed by atoms with Crippen molar-refractivity contribution in [2.75, 3.05) is 6.61 Å². The molecule has 0 saturated heterocycles. The Labute approximate surface area is 229 Å². The first-order chi connectivity index (χ1) is 18.6. The number of hydrogen-bond donors (Lipinski definition) is 0. The third-order valence-electron chi connectivity index (χ3n) is 6.25. The molecule has 4 aromatic carbocycles. The SMILES string of the molecule is C=CC(C)(OC(=O)COc1c(C)cc([S+](c2ccccc2)c2ccccc2)cc1C)c1ccc(F)c(F)c1F. The summed E-state index contributed by atoms with van der Waals surface area (Å²) in [6.07, 6.45) is 1.15. The van der Waals surface area contributed by atoms with E-state index >= 15 is 0 Å². The standard InChI is InChI=1S/C32H28F3O3S/c1-5-32(4,26-16-17-27(33)30(35)29(26)34)38-28(36)20-37-31-21(2)18-25(19-22(31)3)39(23-12-8-6-9-13-23)24-14-10-7-11-15-24/h5-19H,1,20H2,2-4H3/q+1. The predicted molar refractivity (Wildman–Crippen MR) is 146 cm³/mol. The fraction of sp³-hybridized carbons (Fsp3) is 0.156. The smallest absolute Gasteiger partial charge is 0.345 e. The number of rotatable bonds is 9. The van der Waals surface area contributed by atoms with E-state index in [4.69, 9.17) is 9.47 Å². The normalized spacial score (nSPS) is 12.6. The van der Waals surface area contributed by atoms with Crippen LogP contribution in [-0.4, -0.2) is 12.6 Å². The van der Waals surface area contributed by atoms with Crippen molar-refractivity contribution in [3.8, 4) is 5.75 Å². The zero-order valence-electron chi connectivity index (χ0n) is 21.8. The van der Waals surface area contributed by atoms with Crippen molar-refractivity contribution in [3.05, 3.63) is 132 Å². The fourth-order valence-electron chi connectivity index (χ4n) is 4.29. The van der Waals surface area contributed by atoms with Crippen molar-refractivity contribution in [2.45, 2.75) is 41.1 Å². The van der Waals surface area contributed by atoms with Crippen molar-refractivity contribution in [1.82, 2.24) is 0 Å². The first-order valence-corrected chi connectivity index (χ1v) is 13.4. The molecule has 200 valence electrons. The van der Waals surface area contributed by atoms with Crippen LogP contribution in [0.2, 0.25) is 0 Å². The lowest BCUT2D eigenvalue weighted by Crippen LogP contribution is -2.31. The van der Waals surface area contributed by atoms with Gasteiger partial charge in [0.1, 0.15) is 5.75 Å². The molecule has 0 heterocycles. The van der Waals surface area contributed by atoms with Gasteiger partial charge in [0.05, 0.1) is 10.9 Å². The quantitative estimate of drug-likeness (QED) is 0.0924. The minimum absolute atomic E-state index is 0.349. The van der Waals surface area contributed by atoms with Crippen molar-refractivity contribution >= 4 is 16.9 Å². The van der Waals surface area contributed by atoms with Gasteiger partial charge >= 0.3 is 5.97 Å². The maximum atomic E-state index is 14.4. The molecule has 0 amide bonds. The van der Waals surface area contributed by atoms with Gasteiger partial charge in [-0.3, -0.25) is 0 Å². The average Bonchev–Trinajstić information content (AvgIpc) is 2.92. The van der Waals surface area contributed by atoms with Gasteiger partial charge in [-0.15, -0.1) is 0 Å². The first-order valence-electron chi connectivity index (χ1n) is 12.2. The molecule has 0 aliphatic rings. The number of halogens is 3. The minimum atomic E-state index is -1.73. The summed E-state index contributed by atoms with van der Waals surface area (Å²) in [4.78, 5) is 16.2. The Morgan fingerprint density at radius 2 is 1.38 bits per heavy atom. The van der Waals surface area contributed by atoms with Gasteiger partial charge in [0.15, 0.2) is 44.3 Å². The van der Waals surface area contributed by atoms with E-state index in [1.807, 2.05) is 62.4 Å². The van der Waals surface area contributed by atoms with Crippen molar-refractivity contribution < 1.29 is 27.4 Å². The van der Waals surface area contributed by atoms with E-state index in [2.05, 4.69) is 30.8 Å². The van der Waals surface area contributed by atoms with Crippen molar-refractivity contribution in [2.24, 2.45) is 0 Å². The molecule has 0 aromatic heterocycles. The highest BCUT2D eigenvalue weighted by molar-refractivity contribution is 7.97. The third-order valence-corrected chi connectivity index (χ3v) is 8.44. The van der Waals surface area contributed by atoms with Gasteiger partial charge in [0, 0.05) is 17.7 Å². The Kier molecular flexibility index (Phi) is 8.51. The summed E-state index contributed by atoms with van der Waals surface area (Å²) in [6.45, 7) is 8.25. The van der Waals surface area contributed by atoms with Gasteiger partial charge in [-0.1, -0.05) is 43.0 Å². The van der Waals surface area contributed by atoms with Gasteiger partial charge in [-0.25, -0.2) is 18.0 Å². The summed E-state index contributed by atoms with van der Waals surface area (Å²) in [5.41, 5.74) is -0.414. The van der Waals surface area contributed by atoms with Crippen LogP contribution in [0, 0.1) is 31.3 Å². The fourth-order valence-corrected chi connectivity index (χ4v) is 6.55. The predicted octanol–water partition coefficient (Wildman–Crippen LogP) is 7.84. The molecule has 0 aliphatic carbocycles. The van der Waals surface area contributed by atoms with Gasteiger partial charge < -0.3 is 9.47 Å². The number of benzene rings is 4. The Bertz CT molecular complexity index is 1430. The molecule has 1 unspecified atom stereocenters. The molecular weight excluding hydrogens is 521 g/mol. The van der Waals surface area contributed by atoms with E-state index in [-0.39, 0.29) is 16.5 Å². The Balaban J connectivity index is 1.56. The van der Waals surface area contributed by atoms with Crippen LogP contribution in [0.25, 0.3) is 0 Å². The molecule has 1 atom stereocenters. The highest BCUT2D eigenvalue weighted by atomic mass is 32.2. The molecule has 0 bridgehead atoms. The number of ether oxygens (including phenoxy) is 2. The number of hydrogen-bond acceptors (Lipinski definition) is 3. The van der Waals surface area contributed by atoms with Crippen LogP contribution in [0.5, 0.6) is 5.75 Å². The van der Waals surface area contributed by atoms with Gasteiger partial charge in [-0.05, 0) is 74.4 Å². The van der Waals surface area contributed by atoms with Crippen LogP contribution in [0.1, 0.15) is 23.6 Å². The van der Waals surface area contributed by atoms with Gasteiger partial charge in [0.25, 0.3) is 0 Å². The molecule has 0 N–H and O–H groups in total. The van der Waals surface area contributed by atoms with E-state index in [9.17, 15) is 18.0 Å². The number of carbonyl (C=O) groups excluding carboxylic acids is 1. The molecule has 0 aliphatic heterocycles. The van der Waals surface area contributed by atoms with Crippen LogP contribution in [-0.2, 0) is 26.0 Å². The number of aryl methyl sites for hydroxylation is 2. The molecule has 39 heavy (non-hydrogen) atoms. The largest absolute Gasteiger partial charge is 0.481 e. The Morgan fingerprint density at radius 1 is 0.846 bits per heavy atom. The number of esters is 1. The molecular formula is C32H28F3O3S+. The van der Waals surface area contributed by atoms with E-state index in [1.54, 1.807) is 0 Å². The van der Waals surface area contributed by atoms with E-state index < -0.39 is 35.6 Å². The second kappa shape index (κ2) is 11.8. The highest BCUT2D eigenvalue weighted by Crippen LogP contribution is 2.36. The minimum Gasteiger partial charge on any atom is -0.481 e. The summed E-state index contributed by atoms with van der Waals surface area (Å²) in [5.74, 6) is -4.73. The zero-order chi connectivity index (χ0) is 28.2. The molecule has 0 spiro atoms. The third kappa shape index (κ3) is 6.04. The molecule has 4 aromatic rings. The lowest BCUT2D eigenvalue weighted by Gasteiger charge is -2.27. The average molecular weight is 550 g/mol. The lowest BCUT2D eigenvalue weighted by atomic mass is 9.95. The lowest BCUT2D eigenvalue weighted by molar-refractivity contribution is -0.157. The first kappa shape index (κ1) is 28.0. The topological polar surface area (TPSA) is 35.5 Å². The molecule has 0 saturated carbocycles. The monoisotopic (exact) mass is 549 g/mol. The summed E-state index contributed by atoms with van der Waals surface area (Å²) in [7, 11) is -0.349. The zero-order valence-corrected chi connectivity index (χ0v) is 22.7. The Hall–Kier alpha value is -3.97. The Morgan fingerprint density at radius 3 is 1.90 bits per heavy atom. The molecule has 4 rings (SSSR count). The molecule has 3 nitrogen and oxygen atoms in total. The van der Waals surface area contributed by atoms with Crippen LogP contribution in [0.3, 0.4) is 0 Å². The van der Waals surface area contributed by atoms with E-state index in [1.165, 1.54) is 16.7 Å². The van der Waals surface area contributed by atoms with Crippen LogP contribution in [0.15, 0.2) is 112 Å². The maximum absolute atomic E-state index is 14.4. The van der Waals surface area contributed by atoms with Crippen LogP contribution < -0.4 is 4.74 Å². The van der Waals surface area contributed by atoms with Gasteiger partial charge in [-0.2, -0.15) is 0 Å². The van der Waals surface area contributed by atoms with Crippen molar-refractivity contribution in [1.29, 1.82) is 0 Å². The molecule has 0 fully saturated rings. The van der Waals surface area contributed by atoms with E-state index in [0.717, 1.165) is 34.2 Å². The van der Waals surface area contributed by atoms with Crippen LogP contribution >= 0.6 is 0 Å². The van der Waals surface area contributed by atoms with Gasteiger partial charge in [0.2, 0.25) is 0 Å². The maximum Gasteiger partial charge on any atom is 0.345 e. The summed E-state index contributed by atoms with van der Waals surface area (Å²) < 4.78 is 52.9. The summed E-state index contributed by atoms with van der Waals surface area (Å²) in [6, 6.07) is 26.3. The molecule has 7 heteroatoms.